The van der Waals surface area contributed by atoms with Gasteiger partial charge < -0.3 is 5.32 Å². The third-order valence-electron chi connectivity index (χ3n) is 4.35. The van der Waals surface area contributed by atoms with Crippen LogP contribution in [0.15, 0.2) is 54.6 Å². The van der Waals surface area contributed by atoms with Gasteiger partial charge in [-0.2, -0.15) is 0 Å². The van der Waals surface area contributed by atoms with Gasteiger partial charge in [-0.25, -0.2) is 4.98 Å². The van der Waals surface area contributed by atoms with Gasteiger partial charge in [0.15, 0.2) is 0 Å². The lowest BCUT2D eigenvalue weighted by Gasteiger charge is -2.07. The molecule has 8 heteroatoms. The summed E-state index contributed by atoms with van der Waals surface area (Å²) in [4.78, 5) is 42.5. The number of rotatable bonds is 3. The lowest BCUT2D eigenvalue weighted by atomic mass is 10.1. The fourth-order valence-corrected chi connectivity index (χ4v) is 4.98. The molecule has 1 aliphatic rings. The number of hydrogen-bond donors (Lipinski definition) is 2. The van der Waals surface area contributed by atoms with Crippen molar-refractivity contribution in [2.45, 2.75) is 0 Å². The van der Waals surface area contributed by atoms with Crippen LogP contribution in [0.25, 0.3) is 20.1 Å². The number of aromatic nitrogens is 1. The van der Waals surface area contributed by atoms with Crippen LogP contribution < -0.4 is 10.6 Å². The van der Waals surface area contributed by atoms with Gasteiger partial charge in [0.25, 0.3) is 17.7 Å². The van der Waals surface area contributed by atoms with Gasteiger partial charge in [-0.05, 0) is 36.4 Å². The first-order valence-corrected chi connectivity index (χ1v) is 9.99. The number of benzene rings is 2. The van der Waals surface area contributed by atoms with E-state index in [-0.39, 0.29) is 17.0 Å². The van der Waals surface area contributed by atoms with Crippen LogP contribution in [0.2, 0.25) is 0 Å². The minimum absolute atomic E-state index is 0.198. The molecule has 2 aromatic heterocycles. The molecule has 4 aromatic rings. The van der Waals surface area contributed by atoms with Gasteiger partial charge in [0, 0.05) is 0 Å². The minimum atomic E-state index is -0.503. The van der Waals surface area contributed by atoms with Crippen LogP contribution >= 0.6 is 22.7 Å². The standard InChI is InChI=1S/C20H11N3O3S2/c24-17-10-4-3-6-12(16(10)19(26)23-17)21-18(25)14-8-9-15(27-14)20-22-11-5-1-2-7-13(11)28-20/h1-9H,(H,21,25)(H,23,24,26). The SMILES string of the molecule is O=C(Nc1cccc2c1C(=O)NC2=O)c1ccc(-c2nc3ccccc3s2)s1. The molecule has 6 nitrogen and oxygen atoms in total. The van der Waals surface area contributed by atoms with Crippen LogP contribution in [-0.2, 0) is 0 Å². The highest BCUT2D eigenvalue weighted by molar-refractivity contribution is 7.26. The molecule has 0 saturated carbocycles. The van der Waals surface area contributed by atoms with Crippen molar-refractivity contribution < 1.29 is 14.4 Å². The molecule has 0 saturated heterocycles. The van der Waals surface area contributed by atoms with Crippen molar-refractivity contribution in [3.05, 3.63) is 70.6 Å². The highest BCUT2D eigenvalue weighted by Crippen LogP contribution is 2.35. The summed E-state index contributed by atoms with van der Waals surface area (Å²) < 4.78 is 1.09. The Balaban J connectivity index is 1.43. The number of thiophene rings is 1. The van der Waals surface area contributed by atoms with E-state index in [1.165, 1.54) is 11.3 Å². The predicted octanol–water partition coefficient (Wildman–Crippen LogP) is 4.16. The quantitative estimate of drug-likeness (QED) is 0.501. The van der Waals surface area contributed by atoms with Gasteiger partial charge >= 0.3 is 0 Å². The molecule has 0 spiro atoms. The summed E-state index contributed by atoms with van der Waals surface area (Å²) in [5, 5.41) is 5.84. The van der Waals surface area contributed by atoms with Crippen molar-refractivity contribution in [3.63, 3.8) is 0 Å². The summed E-state index contributed by atoms with van der Waals surface area (Å²) in [5.41, 5.74) is 1.71. The van der Waals surface area contributed by atoms with Crippen LogP contribution in [0.1, 0.15) is 30.4 Å². The second-order valence-corrected chi connectivity index (χ2v) is 8.23. The van der Waals surface area contributed by atoms with Crippen molar-refractivity contribution in [3.8, 4) is 9.88 Å². The number of carbonyl (C=O) groups excluding carboxylic acids is 3. The third kappa shape index (κ3) is 2.70. The summed E-state index contributed by atoms with van der Waals surface area (Å²) in [5.74, 6) is -1.29. The van der Waals surface area contributed by atoms with Crippen LogP contribution in [0.5, 0.6) is 0 Å². The fraction of sp³-hybridized carbons (Fsp3) is 0. The van der Waals surface area contributed by atoms with Crippen LogP contribution in [0.4, 0.5) is 5.69 Å². The molecule has 1 aliphatic heterocycles. The second kappa shape index (κ2) is 6.36. The molecule has 0 aliphatic carbocycles. The number of hydrogen-bond acceptors (Lipinski definition) is 6. The Bertz CT molecular complexity index is 1260. The topological polar surface area (TPSA) is 88.2 Å². The van der Waals surface area contributed by atoms with Crippen molar-refractivity contribution in [1.29, 1.82) is 0 Å². The molecular formula is C20H11N3O3S2. The smallest absolute Gasteiger partial charge is 0.265 e. The Morgan fingerprint density at radius 3 is 2.64 bits per heavy atom. The monoisotopic (exact) mass is 405 g/mol. The van der Waals surface area contributed by atoms with Gasteiger partial charge in [-0.15, -0.1) is 22.7 Å². The van der Waals surface area contributed by atoms with Gasteiger partial charge in [0.1, 0.15) is 5.01 Å². The zero-order valence-electron chi connectivity index (χ0n) is 14.2. The Labute approximate surface area is 166 Å². The summed E-state index contributed by atoms with van der Waals surface area (Å²) in [6.45, 7) is 0. The summed E-state index contributed by atoms with van der Waals surface area (Å²) >= 11 is 2.90. The van der Waals surface area contributed by atoms with E-state index in [4.69, 9.17) is 0 Å². The zero-order valence-corrected chi connectivity index (χ0v) is 15.8. The van der Waals surface area contributed by atoms with Crippen LogP contribution in [0, 0.1) is 0 Å². The maximum absolute atomic E-state index is 12.7. The van der Waals surface area contributed by atoms with E-state index in [1.807, 2.05) is 30.3 Å². The van der Waals surface area contributed by atoms with E-state index in [0.29, 0.717) is 10.6 Å². The maximum Gasteiger partial charge on any atom is 0.265 e. The number of carbonyl (C=O) groups is 3. The minimum Gasteiger partial charge on any atom is -0.321 e. The predicted molar refractivity (Wildman–Crippen MR) is 109 cm³/mol. The van der Waals surface area contributed by atoms with E-state index >= 15 is 0 Å². The van der Waals surface area contributed by atoms with Crippen molar-refractivity contribution in [2.75, 3.05) is 5.32 Å². The molecule has 2 N–H and O–H groups in total. The molecule has 136 valence electrons. The van der Waals surface area contributed by atoms with E-state index in [9.17, 15) is 14.4 Å². The van der Waals surface area contributed by atoms with Crippen molar-refractivity contribution in [1.82, 2.24) is 10.3 Å². The van der Waals surface area contributed by atoms with Gasteiger partial charge in [-0.1, -0.05) is 18.2 Å². The van der Waals surface area contributed by atoms with Crippen molar-refractivity contribution >= 4 is 56.3 Å². The first-order chi connectivity index (χ1) is 13.6. The number of anilines is 1. The number of imide groups is 1. The molecule has 0 fully saturated rings. The molecule has 0 atom stereocenters. The van der Waals surface area contributed by atoms with Gasteiger partial charge in [0.2, 0.25) is 0 Å². The van der Waals surface area contributed by atoms with Crippen LogP contribution in [0.3, 0.4) is 0 Å². The van der Waals surface area contributed by atoms with E-state index in [0.717, 1.165) is 20.1 Å². The Hall–Kier alpha value is -3.36. The Morgan fingerprint density at radius 2 is 1.79 bits per heavy atom. The molecule has 0 radical (unpaired) electrons. The molecule has 28 heavy (non-hydrogen) atoms. The highest BCUT2D eigenvalue weighted by atomic mass is 32.1. The van der Waals surface area contributed by atoms with Gasteiger partial charge in [-0.3, -0.25) is 19.7 Å². The molecule has 0 bridgehead atoms. The molecule has 5 rings (SSSR count). The first kappa shape index (κ1) is 16.8. The Kier molecular flexibility index (Phi) is 3.81. The van der Waals surface area contributed by atoms with Gasteiger partial charge in [0.05, 0.1) is 36.8 Å². The summed E-state index contributed by atoms with van der Waals surface area (Å²) in [6, 6.07) is 16.3. The normalized spacial score (nSPS) is 12.9. The number of fused-ring (bicyclic) bond motifs is 2. The molecule has 3 heterocycles. The largest absolute Gasteiger partial charge is 0.321 e. The fourth-order valence-electron chi connectivity index (χ4n) is 3.06. The molecular weight excluding hydrogens is 394 g/mol. The highest BCUT2D eigenvalue weighted by Gasteiger charge is 2.30. The number of para-hydroxylation sites is 1. The number of amides is 3. The molecule has 2 aromatic carbocycles. The average molecular weight is 405 g/mol. The number of thiazole rings is 1. The second-order valence-electron chi connectivity index (χ2n) is 6.12. The van der Waals surface area contributed by atoms with E-state index in [1.54, 1.807) is 35.6 Å². The van der Waals surface area contributed by atoms with E-state index < -0.39 is 11.8 Å². The summed E-state index contributed by atoms with van der Waals surface area (Å²) in [7, 11) is 0. The van der Waals surface area contributed by atoms with Crippen molar-refractivity contribution in [2.24, 2.45) is 0 Å². The number of nitrogens with zero attached hydrogens (tertiary/aromatic N) is 1. The first-order valence-electron chi connectivity index (χ1n) is 8.36. The lowest BCUT2D eigenvalue weighted by Crippen LogP contribution is -2.20. The molecule has 0 unspecified atom stereocenters. The third-order valence-corrected chi connectivity index (χ3v) is 6.64. The molecule has 3 amide bonds. The maximum atomic E-state index is 12.7. The summed E-state index contributed by atoms with van der Waals surface area (Å²) in [6.07, 6.45) is 0. The number of nitrogens with one attached hydrogen (secondary N) is 2. The Morgan fingerprint density at radius 1 is 0.929 bits per heavy atom. The average Bonchev–Trinajstić information content (AvgIpc) is 3.39. The zero-order chi connectivity index (χ0) is 19.3. The van der Waals surface area contributed by atoms with E-state index in [2.05, 4.69) is 15.6 Å². The van der Waals surface area contributed by atoms with Crippen LogP contribution in [-0.4, -0.2) is 22.7 Å². The lowest BCUT2D eigenvalue weighted by molar-refractivity contribution is 0.0879.